The van der Waals surface area contributed by atoms with Crippen LogP contribution in [0.15, 0.2) is 36.4 Å². The minimum Gasteiger partial charge on any atom is -0.392 e. The first-order valence-corrected chi connectivity index (χ1v) is 7.01. The SMILES string of the molecule is Cc1ccc(C)c(CC(O)Cc2cc(F)ccc2Cl)c1. The van der Waals surface area contributed by atoms with Crippen molar-refractivity contribution >= 4 is 11.6 Å². The summed E-state index contributed by atoms with van der Waals surface area (Å²) in [5, 5.41) is 10.7. The number of halogens is 2. The van der Waals surface area contributed by atoms with Gasteiger partial charge in [0.05, 0.1) is 6.10 Å². The molecule has 1 unspecified atom stereocenters. The van der Waals surface area contributed by atoms with E-state index in [4.69, 9.17) is 11.6 Å². The standard InChI is InChI=1S/C17H18ClFO/c1-11-3-4-12(2)13(7-11)9-16(20)10-14-8-15(19)5-6-17(14)18/h3-8,16,20H,9-10H2,1-2H3. The summed E-state index contributed by atoms with van der Waals surface area (Å²) in [6.07, 6.45) is 0.319. The molecule has 0 fully saturated rings. The van der Waals surface area contributed by atoms with Gasteiger partial charge in [0.15, 0.2) is 0 Å². The third-order valence-electron chi connectivity index (χ3n) is 3.42. The van der Waals surface area contributed by atoms with Crippen LogP contribution in [-0.4, -0.2) is 11.2 Å². The zero-order valence-corrected chi connectivity index (χ0v) is 12.4. The molecule has 0 amide bonds. The van der Waals surface area contributed by atoms with Crippen LogP contribution in [0.2, 0.25) is 5.02 Å². The Hall–Kier alpha value is -1.38. The molecule has 0 aliphatic heterocycles. The fraction of sp³-hybridized carbons (Fsp3) is 0.294. The molecule has 0 heterocycles. The maximum atomic E-state index is 13.2. The highest BCUT2D eigenvalue weighted by atomic mass is 35.5. The first-order valence-electron chi connectivity index (χ1n) is 6.64. The Morgan fingerprint density at radius 1 is 1.05 bits per heavy atom. The van der Waals surface area contributed by atoms with E-state index in [1.807, 2.05) is 19.9 Å². The molecule has 1 nitrogen and oxygen atoms in total. The van der Waals surface area contributed by atoms with Crippen molar-refractivity contribution < 1.29 is 9.50 Å². The van der Waals surface area contributed by atoms with Crippen molar-refractivity contribution in [2.45, 2.75) is 32.8 Å². The second kappa shape index (κ2) is 6.38. The van der Waals surface area contributed by atoms with Gasteiger partial charge in [-0.1, -0.05) is 35.4 Å². The van der Waals surface area contributed by atoms with Crippen molar-refractivity contribution in [1.29, 1.82) is 0 Å². The van der Waals surface area contributed by atoms with E-state index in [-0.39, 0.29) is 5.82 Å². The lowest BCUT2D eigenvalue weighted by molar-refractivity contribution is 0.175. The van der Waals surface area contributed by atoms with E-state index in [2.05, 4.69) is 12.1 Å². The highest BCUT2D eigenvalue weighted by molar-refractivity contribution is 6.31. The van der Waals surface area contributed by atoms with Crippen molar-refractivity contribution in [1.82, 2.24) is 0 Å². The summed E-state index contributed by atoms with van der Waals surface area (Å²) < 4.78 is 13.2. The molecule has 20 heavy (non-hydrogen) atoms. The predicted molar refractivity (Wildman–Crippen MR) is 80.7 cm³/mol. The summed E-state index contributed by atoms with van der Waals surface area (Å²) in [7, 11) is 0. The molecule has 2 rings (SSSR count). The molecule has 1 atom stereocenters. The number of hydrogen-bond acceptors (Lipinski definition) is 1. The normalized spacial score (nSPS) is 12.4. The number of aliphatic hydroxyl groups excluding tert-OH is 1. The Balaban J connectivity index is 2.10. The van der Waals surface area contributed by atoms with Gasteiger partial charge in [-0.2, -0.15) is 0 Å². The Kier molecular flexibility index (Phi) is 4.79. The fourth-order valence-electron chi connectivity index (χ4n) is 2.30. The third kappa shape index (κ3) is 3.81. The largest absolute Gasteiger partial charge is 0.392 e. The molecule has 106 valence electrons. The van der Waals surface area contributed by atoms with Gasteiger partial charge in [-0.3, -0.25) is 0 Å². The van der Waals surface area contributed by atoms with Gasteiger partial charge in [-0.25, -0.2) is 4.39 Å². The van der Waals surface area contributed by atoms with Gasteiger partial charge in [-0.15, -0.1) is 0 Å². The van der Waals surface area contributed by atoms with Gasteiger partial charge in [-0.05, 0) is 55.2 Å². The van der Waals surface area contributed by atoms with Crippen molar-refractivity contribution in [2.75, 3.05) is 0 Å². The molecule has 2 aromatic rings. The highest BCUT2D eigenvalue weighted by Gasteiger charge is 2.12. The van der Waals surface area contributed by atoms with Gasteiger partial charge >= 0.3 is 0 Å². The Morgan fingerprint density at radius 2 is 1.75 bits per heavy atom. The predicted octanol–water partition coefficient (Wildman–Crippen LogP) is 4.24. The molecule has 2 aromatic carbocycles. The zero-order valence-electron chi connectivity index (χ0n) is 11.7. The molecular formula is C17H18ClFO. The monoisotopic (exact) mass is 292 g/mol. The fourth-order valence-corrected chi connectivity index (χ4v) is 2.49. The maximum Gasteiger partial charge on any atom is 0.123 e. The lowest BCUT2D eigenvalue weighted by atomic mass is 9.97. The van der Waals surface area contributed by atoms with Crippen LogP contribution in [0, 0.1) is 19.7 Å². The Morgan fingerprint density at radius 3 is 2.50 bits per heavy atom. The van der Waals surface area contributed by atoms with E-state index < -0.39 is 6.10 Å². The molecule has 0 aliphatic rings. The van der Waals surface area contributed by atoms with Gasteiger partial charge < -0.3 is 5.11 Å². The molecule has 0 saturated heterocycles. The lowest BCUT2D eigenvalue weighted by Gasteiger charge is -2.14. The third-order valence-corrected chi connectivity index (χ3v) is 3.79. The summed E-state index contributed by atoms with van der Waals surface area (Å²) in [5.74, 6) is -0.330. The van der Waals surface area contributed by atoms with Crippen molar-refractivity contribution in [3.63, 3.8) is 0 Å². The number of aliphatic hydroxyl groups is 1. The van der Waals surface area contributed by atoms with Crippen molar-refractivity contribution in [3.05, 3.63) is 69.5 Å². The summed E-state index contributed by atoms with van der Waals surface area (Å²) in [4.78, 5) is 0. The molecule has 0 aliphatic carbocycles. The maximum absolute atomic E-state index is 13.2. The first-order chi connectivity index (χ1) is 9.45. The van der Waals surface area contributed by atoms with Gasteiger partial charge in [0.25, 0.3) is 0 Å². The van der Waals surface area contributed by atoms with E-state index in [1.54, 1.807) is 0 Å². The number of hydrogen-bond donors (Lipinski definition) is 1. The Labute approximate surface area is 124 Å². The number of rotatable bonds is 4. The minimum absolute atomic E-state index is 0.330. The van der Waals surface area contributed by atoms with Crippen LogP contribution in [0.25, 0.3) is 0 Å². The smallest absolute Gasteiger partial charge is 0.123 e. The second-order valence-corrected chi connectivity index (χ2v) is 5.63. The first kappa shape index (κ1) is 15.0. The summed E-state index contributed by atoms with van der Waals surface area (Å²) in [6, 6.07) is 10.4. The summed E-state index contributed by atoms with van der Waals surface area (Å²) >= 11 is 6.02. The molecule has 0 spiro atoms. The topological polar surface area (TPSA) is 20.2 Å². The molecule has 1 N–H and O–H groups in total. The second-order valence-electron chi connectivity index (χ2n) is 5.23. The number of aryl methyl sites for hydroxylation is 2. The average Bonchev–Trinajstić information content (AvgIpc) is 2.38. The van der Waals surface area contributed by atoms with Gasteiger partial charge in [0, 0.05) is 11.4 Å². The van der Waals surface area contributed by atoms with Crippen LogP contribution in [0.3, 0.4) is 0 Å². The Bertz CT molecular complexity index is 556. The average molecular weight is 293 g/mol. The van der Waals surface area contributed by atoms with Gasteiger partial charge in [0.1, 0.15) is 5.82 Å². The molecule has 0 saturated carbocycles. The van der Waals surface area contributed by atoms with Crippen LogP contribution < -0.4 is 0 Å². The molecule has 0 radical (unpaired) electrons. The molecule has 0 aromatic heterocycles. The van der Waals surface area contributed by atoms with Crippen molar-refractivity contribution in [2.24, 2.45) is 0 Å². The molecule has 3 heteroatoms. The quantitative estimate of drug-likeness (QED) is 0.893. The van der Waals surface area contributed by atoms with E-state index in [1.165, 1.54) is 23.8 Å². The highest BCUT2D eigenvalue weighted by Crippen LogP contribution is 2.21. The van der Waals surface area contributed by atoms with E-state index in [0.717, 1.165) is 11.1 Å². The van der Waals surface area contributed by atoms with E-state index in [0.29, 0.717) is 23.4 Å². The van der Waals surface area contributed by atoms with Crippen LogP contribution in [0.1, 0.15) is 22.3 Å². The minimum atomic E-state index is -0.574. The molecule has 0 bridgehead atoms. The van der Waals surface area contributed by atoms with Crippen LogP contribution in [-0.2, 0) is 12.8 Å². The van der Waals surface area contributed by atoms with Crippen LogP contribution in [0.4, 0.5) is 4.39 Å². The van der Waals surface area contributed by atoms with Crippen LogP contribution in [0.5, 0.6) is 0 Å². The van der Waals surface area contributed by atoms with Crippen molar-refractivity contribution in [3.8, 4) is 0 Å². The summed E-state index contributed by atoms with van der Waals surface area (Å²) in [5.41, 5.74) is 4.08. The number of benzene rings is 2. The van der Waals surface area contributed by atoms with Crippen LogP contribution >= 0.6 is 11.6 Å². The molecular weight excluding hydrogens is 275 g/mol. The van der Waals surface area contributed by atoms with Gasteiger partial charge in [0.2, 0.25) is 0 Å². The van der Waals surface area contributed by atoms with E-state index in [9.17, 15) is 9.50 Å². The van der Waals surface area contributed by atoms with E-state index >= 15 is 0 Å². The summed E-state index contributed by atoms with van der Waals surface area (Å²) in [6.45, 7) is 4.05. The zero-order chi connectivity index (χ0) is 14.7. The lowest BCUT2D eigenvalue weighted by Crippen LogP contribution is -2.15.